The summed E-state index contributed by atoms with van der Waals surface area (Å²) in [5, 5.41) is 0.591. The van der Waals surface area contributed by atoms with Crippen molar-refractivity contribution in [3.63, 3.8) is 0 Å². The largest absolute Gasteiger partial charge is 0.466 e. The zero-order valence-electron chi connectivity index (χ0n) is 9.88. The fourth-order valence-corrected chi connectivity index (χ4v) is 1.59. The lowest BCUT2D eigenvalue weighted by atomic mass is 10.3. The highest BCUT2D eigenvalue weighted by Crippen LogP contribution is 2.18. The van der Waals surface area contributed by atoms with Crippen LogP contribution >= 0.6 is 11.6 Å². The van der Waals surface area contributed by atoms with E-state index in [0.717, 1.165) is 0 Å². The van der Waals surface area contributed by atoms with Gasteiger partial charge in [-0.2, -0.15) is 0 Å². The Balaban J connectivity index is 2.25. The van der Waals surface area contributed by atoms with Crippen molar-refractivity contribution >= 4 is 28.6 Å². The van der Waals surface area contributed by atoms with Crippen LogP contribution in [0.15, 0.2) is 24.4 Å². The molecular formula is C12H11ClN2O3. The summed E-state index contributed by atoms with van der Waals surface area (Å²) in [5.41, 5.74) is 1.31. The molecule has 5 nitrogen and oxygen atoms in total. The van der Waals surface area contributed by atoms with Crippen molar-refractivity contribution in [3.05, 3.63) is 29.4 Å². The van der Waals surface area contributed by atoms with E-state index in [1.54, 1.807) is 25.1 Å². The third-order valence-electron chi connectivity index (χ3n) is 2.31. The van der Waals surface area contributed by atoms with Gasteiger partial charge in [-0.25, -0.2) is 14.8 Å². The van der Waals surface area contributed by atoms with Crippen LogP contribution in [-0.4, -0.2) is 29.2 Å². The number of hydrogen-bond acceptors (Lipinski definition) is 5. The molecule has 0 saturated heterocycles. The number of aromatic nitrogens is 2. The molecule has 94 valence electrons. The van der Waals surface area contributed by atoms with Crippen molar-refractivity contribution in [3.8, 4) is 5.88 Å². The molecule has 2 rings (SSSR count). The number of rotatable bonds is 3. The van der Waals surface area contributed by atoms with Gasteiger partial charge in [0.1, 0.15) is 0 Å². The highest BCUT2D eigenvalue weighted by molar-refractivity contribution is 6.31. The molecule has 0 amide bonds. The normalized spacial score (nSPS) is 12.2. The first kappa shape index (κ1) is 12.6. The minimum atomic E-state index is -0.728. The molecule has 18 heavy (non-hydrogen) atoms. The number of halogens is 1. The van der Waals surface area contributed by atoms with E-state index in [9.17, 15) is 4.79 Å². The number of methoxy groups -OCH3 is 1. The number of carbonyl (C=O) groups is 1. The summed E-state index contributed by atoms with van der Waals surface area (Å²) in [6, 6.07) is 5.16. The van der Waals surface area contributed by atoms with Crippen molar-refractivity contribution in [1.29, 1.82) is 0 Å². The van der Waals surface area contributed by atoms with E-state index in [-0.39, 0.29) is 5.88 Å². The maximum absolute atomic E-state index is 11.2. The molecule has 0 bridgehead atoms. The molecule has 0 fully saturated rings. The first-order valence-electron chi connectivity index (χ1n) is 5.27. The molecule has 1 aromatic heterocycles. The van der Waals surface area contributed by atoms with Gasteiger partial charge in [0.15, 0.2) is 6.10 Å². The zero-order valence-corrected chi connectivity index (χ0v) is 10.6. The van der Waals surface area contributed by atoms with Crippen molar-refractivity contribution < 1.29 is 14.3 Å². The Morgan fingerprint density at radius 2 is 2.17 bits per heavy atom. The van der Waals surface area contributed by atoms with Crippen molar-refractivity contribution in [1.82, 2.24) is 9.97 Å². The molecule has 1 aromatic carbocycles. The summed E-state index contributed by atoms with van der Waals surface area (Å²) >= 11 is 5.84. The van der Waals surface area contributed by atoms with E-state index in [2.05, 4.69) is 14.7 Å². The van der Waals surface area contributed by atoms with Crippen LogP contribution in [0.4, 0.5) is 0 Å². The molecule has 0 radical (unpaired) electrons. The van der Waals surface area contributed by atoms with Gasteiger partial charge in [-0.15, -0.1) is 0 Å². The molecule has 0 aliphatic rings. The van der Waals surface area contributed by atoms with Gasteiger partial charge >= 0.3 is 5.97 Å². The Bertz CT molecular complexity index is 589. The van der Waals surface area contributed by atoms with Crippen LogP contribution in [0.5, 0.6) is 5.88 Å². The molecule has 0 aliphatic carbocycles. The van der Waals surface area contributed by atoms with E-state index in [1.165, 1.54) is 13.3 Å². The van der Waals surface area contributed by atoms with Gasteiger partial charge in [0.2, 0.25) is 5.88 Å². The van der Waals surface area contributed by atoms with Gasteiger partial charge in [-0.05, 0) is 25.1 Å². The Labute approximate surface area is 109 Å². The highest BCUT2D eigenvalue weighted by Gasteiger charge is 2.15. The summed E-state index contributed by atoms with van der Waals surface area (Å²) in [7, 11) is 1.30. The molecule has 2 aromatic rings. The third-order valence-corrected chi connectivity index (χ3v) is 2.55. The van der Waals surface area contributed by atoms with E-state index in [4.69, 9.17) is 16.3 Å². The van der Waals surface area contributed by atoms with Gasteiger partial charge in [0, 0.05) is 5.02 Å². The molecule has 0 aliphatic heterocycles. The number of esters is 1. The Kier molecular flexibility index (Phi) is 3.62. The maximum Gasteiger partial charge on any atom is 0.346 e. The van der Waals surface area contributed by atoms with Crippen LogP contribution in [0.25, 0.3) is 11.0 Å². The van der Waals surface area contributed by atoms with E-state index < -0.39 is 12.1 Å². The van der Waals surface area contributed by atoms with Crippen LogP contribution in [-0.2, 0) is 9.53 Å². The molecule has 0 saturated carbocycles. The van der Waals surface area contributed by atoms with Gasteiger partial charge in [-0.1, -0.05) is 11.6 Å². The number of benzene rings is 1. The Morgan fingerprint density at radius 3 is 2.89 bits per heavy atom. The Hall–Kier alpha value is -1.88. The SMILES string of the molecule is COC(=O)C(C)Oc1cnc2cc(Cl)ccc2n1. The van der Waals surface area contributed by atoms with Crippen LogP contribution in [0.1, 0.15) is 6.92 Å². The second-order valence-electron chi connectivity index (χ2n) is 3.62. The van der Waals surface area contributed by atoms with Crippen molar-refractivity contribution in [2.75, 3.05) is 7.11 Å². The second-order valence-corrected chi connectivity index (χ2v) is 4.06. The number of ether oxygens (including phenoxy) is 2. The average molecular weight is 267 g/mol. The van der Waals surface area contributed by atoms with Crippen molar-refractivity contribution in [2.45, 2.75) is 13.0 Å². The second kappa shape index (κ2) is 5.18. The lowest BCUT2D eigenvalue weighted by Crippen LogP contribution is -2.25. The fraction of sp³-hybridized carbons (Fsp3) is 0.250. The molecule has 0 spiro atoms. The van der Waals surface area contributed by atoms with Gasteiger partial charge in [0.05, 0.1) is 24.3 Å². The van der Waals surface area contributed by atoms with Crippen LogP contribution in [0.2, 0.25) is 5.02 Å². The van der Waals surface area contributed by atoms with Crippen LogP contribution in [0, 0.1) is 0 Å². The maximum atomic E-state index is 11.2. The summed E-state index contributed by atoms with van der Waals surface area (Å²) < 4.78 is 9.88. The van der Waals surface area contributed by atoms with Crippen molar-refractivity contribution in [2.24, 2.45) is 0 Å². The van der Waals surface area contributed by atoms with Gasteiger partial charge < -0.3 is 9.47 Å². The molecular weight excluding hydrogens is 256 g/mol. The fourth-order valence-electron chi connectivity index (χ4n) is 1.42. The monoisotopic (exact) mass is 266 g/mol. The number of hydrogen-bond donors (Lipinski definition) is 0. The van der Waals surface area contributed by atoms with Gasteiger partial charge in [0.25, 0.3) is 0 Å². The molecule has 1 unspecified atom stereocenters. The van der Waals surface area contributed by atoms with Crippen LogP contribution in [0.3, 0.4) is 0 Å². The average Bonchev–Trinajstić information content (AvgIpc) is 2.38. The zero-order chi connectivity index (χ0) is 13.1. The molecule has 1 heterocycles. The number of carbonyl (C=O) groups excluding carboxylic acids is 1. The van der Waals surface area contributed by atoms with Crippen LogP contribution < -0.4 is 4.74 Å². The van der Waals surface area contributed by atoms with E-state index in [0.29, 0.717) is 16.1 Å². The minimum Gasteiger partial charge on any atom is -0.466 e. The third kappa shape index (κ3) is 2.68. The predicted octanol–water partition coefficient (Wildman–Crippen LogP) is 2.22. The summed E-state index contributed by atoms with van der Waals surface area (Å²) in [4.78, 5) is 19.6. The molecule has 6 heteroatoms. The lowest BCUT2D eigenvalue weighted by Gasteiger charge is -2.11. The first-order valence-corrected chi connectivity index (χ1v) is 5.65. The minimum absolute atomic E-state index is 0.266. The number of fused-ring (bicyclic) bond motifs is 1. The van der Waals surface area contributed by atoms with Gasteiger partial charge in [-0.3, -0.25) is 0 Å². The predicted molar refractivity (Wildman–Crippen MR) is 66.7 cm³/mol. The topological polar surface area (TPSA) is 61.3 Å². The quantitative estimate of drug-likeness (QED) is 0.797. The molecule has 1 atom stereocenters. The Morgan fingerprint density at radius 1 is 1.39 bits per heavy atom. The van der Waals surface area contributed by atoms with E-state index >= 15 is 0 Å². The lowest BCUT2D eigenvalue weighted by molar-refractivity contribution is -0.148. The summed E-state index contributed by atoms with van der Waals surface area (Å²) in [5.74, 6) is -0.198. The first-order chi connectivity index (χ1) is 8.60. The highest BCUT2D eigenvalue weighted by atomic mass is 35.5. The van der Waals surface area contributed by atoms with E-state index in [1.807, 2.05) is 0 Å². The number of nitrogens with zero attached hydrogens (tertiary/aromatic N) is 2. The standard InChI is InChI=1S/C12H11ClN2O3/c1-7(12(16)17-2)18-11-6-14-10-5-8(13)3-4-9(10)15-11/h3-7H,1-2H3. The summed E-state index contributed by atoms with van der Waals surface area (Å²) in [6.07, 6.45) is 0.715. The molecule has 0 N–H and O–H groups in total. The smallest absolute Gasteiger partial charge is 0.346 e. The summed E-state index contributed by atoms with van der Waals surface area (Å²) in [6.45, 7) is 1.58.